The van der Waals surface area contributed by atoms with Crippen LogP contribution in [0, 0.1) is 11.3 Å². The highest BCUT2D eigenvalue weighted by molar-refractivity contribution is 5.82. The molecule has 0 aromatic carbocycles. The van der Waals surface area contributed by atoms with E-state index in [0.29, 0.717) is 6.04 Å². The van der Waals surface area contributed by atoms with Gasteiger partial charge < -0.3 is 10.2 Å². The summed E-state index contributed by atoms with van der Waals surface area (Å²) in [6.45, 7) is 7.14. The lowest BCUT2D eigenvalue weighted by molar-refractivity contribution is -0.131. The van der Waals surface area contributed by atoms with E-state index in [2.05, 4.69) is 17.1 Å². The zero-order valence-electron chi connectivity index (χ0n) is 12.0. The lowest BCUT2D eigenvalue weighted by atomic mass is 9.86. The lowest BCUT2D eigenvalue weighted by Crippen LogP contribution is -2.47. The fourth-order valence-electron chi connectivity index (χ4n) is 2.65. The molecule has 0 heterocycles. The number of rotatable bonds is 4. The molecule has 0 aromatic rings. The molecule has 100 valence electrons. The summed E-state index contributed by atoms with van der Waals surface area (Å²) in [5.74, 6) is 1.03. The maximum absolute atomic E-state index is 12.2. The van der Waals surface area contributed by atoms with E-state index >= 15 is 0 Å². The van der Waals surface area contributed by atoms with Crippen LogP contribution in [0.1, 0.15) is 46.5 Å². The van der Waals surface area contributed by atoms with Crippen molar-refractivity contribution in [3.8, 4) is 0 Å². The third-order valence-corrected chi connectivity index (χ3v) is 3.68. The number of nitrogens with one attached hydrogen (secondary N) is 1. The molecule has 1 aliphatic rings. The van der Waals surface area contributed by atoms with Crippen LogP contribution in [0.5, 0.6) is 0 Å². The largest absolute Gasteiger partial charge is 0.353 e. The molecule has 17 heavy (non-hydrogen) atoms. The molecule has 0 radical (unpaired) electrons. The smallest absolute Gasteiger partial charge is 0.227 e. The van der Waals surface area contributed by atoms with Crippen LogP contribution in [0.3, 0.4) is 0 Å². The molecule has 3 nitrogen and oxygen atoms in total. The molecule has 0 spiro atoms. The van der Waals surface area contributed by atoms with Crippen LogP contribution in [-0.4, -0.2) is 37.5 Å². The molecule has 1 N–H and O–H groups in total. The number of hydrogen-bond acceptors (Lipinski definition) is 2. The molecule has 1 rings (SSSR count). The van der Waals surface area contributed by atoms with E-state index in [1.165, 1.54) is 12.8 Å². The Labute approximate surface area is 106 Å². The topological polar surface area (TPSA) is 32.3 Å². The second-order valence-electron chi connectivity index (χ2n) is 6.55. The lowest BCUT2D eigenvalue weighted by Gasteiger charge is -2.32. The highest BCUT2D eigenvalue weighted by Crippen LogP contribution is 2.25. The van der Waals surface area contributed by atoms with Gasteiger partial charge in [-0.05, 0) is 59.5 Å². The third kappa shape index (κ3) is 4.66. The van der Waals surface area contributed by atoms with Crippen LogP contribution in [-0.2, 0) is 4.79 Å². The van der Waals surface area contributed by atoms with Crippen LogP contribution in [0.15, 0.2) is 0 Å². The Morgan fingerprint density at radius 1 is 1.24 bits per heavy atom. The molecule has 0 aliphatic heterocycles. The quantitative estimate of drug-likeness (QED) is 0.817. The maximum atomic E-state index is 12.2. The summed E-state index contributed by atoms with van der Waals surface area (Å²) in [5.41, 5.74) is -0.299. The van der Waals surface area contributed by atoms with Gasteiger partial charge in [0.1, 0.15) is 0 Å². The number of hydrogen-bond donors (Lipinski definition) is 1. The number of carbonyl (C=O) groups is 1. The van der Waals surface area contributed by atoms with Crippen molar-refractivity contribution < 1.29 is 4.79 Å². The van der Waals surface area contributed by atoms with Gasteiger partial charge in [0.15, 0.2) is 0 Å². The normalized spacial score (nSPS) is 26.0. The van der Waals surface area contributed by atoms with Gasteiger partial charge in [0.05, 0.1) is 5.41 Å². The Morgan fingerprint density at radius 3 is 2.24 bits per heavy atom. The van der Waals surface area contributed by atoms with Crippen molar-refractivity contribution in [2.75, 3.05) is 20.6 Å². The molecule has 1 saturated carbocycles. The van der Waals surface area contributed by atoms with Crippen LogP contribution in [0.4, 0.5) is 0 Å². The fourth-order valence-corrected chi connectivity index (χ4v) is 2.65. The van der Waals surface area contributed by atoms with Crippen molar-refractivity contribution in [2.45, 2.75) is 52.5 Å². The van der Waals surface area contributed by atoms with Gasteiger partial charge in [0.2, 0.25) is 5.91 Å². The molecule has 1 aliphatic carbocycles. The average molecular weight is 240 g/mol. The van der Waals surface area contributed by atoms with Gasteiger partial charge in [-0.3, -0.25) is 4.79 Å². The molecule has 0 bridgehead atoms. The molecule has 0 unspecified atom stereocenters. The molecule has 0 atom stereocenters. The summed E-state index contributed by atoms with van der Waals surface area (Å²) in [6.07, 6.45) is 4.79. The van der Waals surface area contributed by atoms with E-state index < -0.39 is 0 Å². The predicted octanol–water partition coefficient (Wildman–Crippen LogP) is 2.27. The second kappa shape index (κ2) is 5.85. The molecule has 0 saturated heterocycles. The van der Waals surface area contributed by atoms with Crippen molar-refractivity contribution in [3.05, 3.63) is 0 Å². The minimum Gasteiger partial charge on any atom is -0.353 e. The first kappa shape index (κ1) is 14.5. The first-order chi connectivity index (χ1) is 7.81. The molecule has 1 fully saturated rings. The first-order valence-electron chi connectivity index (χ1n) is 6.77. The van der Waals surface area contributed by atoms with E-state index in [4.69, 9.17) is 0 Å². The third-order valence-electron chi connectivity index (χ3n) is 3.68. The van der Waals surface area contributed by atoms with Crippen molar-refractivity contribution in [1.82, 2.24) is 10.2 Å². The SMILES string of the molecule is CN(C)CC(C)(C)C(=O)N[C@H]1CC[C@H](C)CC1. The van der Waals surface area contributed by atoms with Crippen molar-refractivity contribution in [1.29, 1.82) is 0 Å². The van der Waals surface area contributed by atoms with Gasteiger partial charge in [-0.1, -0.05) is 6.92 Å². The van der Waals surface area contributed by atoms with E-state index in [-0.39, 0.29) is 11.3 Å². The highest BCUT2D eigenvalue weighted by atomic mass is 16.2. The van der Waals surface area contributed by atoms with Gasteiger partial charge in [0.25, 0.3) is 0 Å². The summed E-state index contributed by atoms with van der Waals surface area (Å²) < 4.78 is 0. The Balaban J connectivity index is 2.43. The number of carbonyl (C=O) groups excluding carboxylic acids is 1. The van der Waals surface area contributed by atoms with E-state index in [0.717, 1.165) is 25.3 Å². The van der Waals surface area contributed by atoms with Crippen molar-refractivity contribution in [2.24, 2.45) is 11.3 Å². The summed E-state index contributed by atoms with van der Waals surface area (Å²) in [4.78, 5) is 14.3. The maximum Gasteiger partial charge on any atom is 0.227 e. The van der Waals surface area contributed by atoms with E-state index in [1.807, 2.05) is 27.9 Å². The molecular formula is C14H28N2O. The first-order valence-corrected chi connectivity index (χ1v) is 6.77. The van der Waals surface area contributed by atoms with Gasteiger partial charge >= 0.3 is 0 Å². The van der Waals surface area contributed by atoms with Crippen molar-refractivity contribution >= 4 is 5.91 Å². The van der Waals surface area contributed by atoms with Gasteiger partial charge in [0, 0.05) is 12.6 Å². The van der Waals surface area contributed by atoms with Gasteiger partial charge in [-0.15, -0.1) is 0 Å². The van der Waals surface area contributed by atoms with Crippen LogP contribution in [0.2, 0.25) is 0 Å². The highest BCUT2D eigenvalue weighted by Gasteiger charge is 2.30. The minimum absolute atomic E-state index is 0.200. The summed E-state index contributed by atoms with van der Waals surface area (Å²) in [6, 6.07) is 0.403. The van der Waals surface area contributed by atoms with Gasteiger partial charge in [-0.25, -0.2) is 0 Å². The predicted molar refractivity (Wildman–Crippen MR) is 71.9 cm³/mol. The Morgan fingerprint density at radius 2 is 1.76 bits per heavy atom. The average Bonchev–Trinajstić information content (AvgIpc) is 2.19. The summed E-state index contributed by atoms with van der Waals surface area (Å²) in [5, 5.41) is 3.22. The monoisotopic (exact) mass is 240 g/mol. The second-order valence-corrected chi connectivity index (χ2v) is 6.55. The minimum atomic E-state index is -0.299. The molecule has 0 aromatic heterocycles. The zero-order valence-corrected chi connectivity index (χ0v) is 12.0. The molecule has 3 heteroatoms. The van der Waals surface area contributed by atoms with Gasteiger partial charge in [-0.2, -0.15) is 0 Å². The Hall–Kier alpha value is -0.570. The van der Waals surface area contributed by atoms with Crippen LogP contribution in [0.25, 0.3) is 0 Å². The zero-order chi connectivity index (χ0) is 13.1. The number of amides is 1. The molecular weight excluding hydrogens is 212 g/mol. The van der Waals surface area contributed by atoms with Crippen molar-refractivity contribution in [3.63, 3.8) is 0 Å². The fraction of sp³-hybridized carbons (Fsp3) is 0.929. The van der Waals surface area contributed by atoms with E-state index in [1.54, 1.807) is 0 Å². The van der Waals surface area contributed by atoms with Crippen LogP contribution < -0.4 is 5.32 Å². The number of nitrogens with zero attached hydrogens (tertiary/aromatic N) is 1. The summed E-state index contributed by atoms with van der Waals surface area (Å²) >= 11 is 0. The Kier molecular flexibility index (Phi) is 4.99. The summed E-state index contributed by atoms with van der Waals surface area (Å²) in [7, 11) is 4.02. The van der Waals surface area contributed by atoms with E-state index in [9.17, 15) is 4.79 Å². The molecule has 1 amide bonds. The van der Waals surface area contributed by atoms with Crippen LogP contribution >= 0.6 is 0 Å². The standard InChI is InChI=1S/C14H28N2O/c1-11-6-8-12(9-7-11)15-13(17)14(2,3)10-16(4)5/h11-12H,6-10H2,1-5H3,(H,15,17)/t11-,12-. The Bertz CT molecular complexity index is 253.